The summed E-state index contributed by atoms with van der Waals surface area (Å²) in [7, 11) is 1.33. The van der Waals surface area contributed by atoms with Crippen LogP contribution in [0.5, 0.6) is 0 Å². The smallest absolute Gasteiger partial charge is 0.339 e. The number of benzene rings is 1. The third-order valence-corrected chi connectivity index (χ3v) is 5.72. The Kier molecular flexibility index (Phi) is 6.47. The van der Waals surface area contributed by atoms with Crippen molar-refractivity contribution in [1.29, 1.82) is 0 Å². The summed E-state index contributed by atoms with van der Waals surface area (Å²) in [4.78, 5) is 17.2. The Hall–Kier alpha value is -2.07. The molecule has 0 aliphatic heterocycles. The van der Waals surface area contributed by atoms with Crippen LogP contribution in [-0.4, -0.2) is 28.2 Å². The van der Waals surface area contributed by atoms with Gasteiger partial charge in [-0.15, -0.1) is 0 Å². The van der Waals surface area contributed by atoms with Gasteiger partial charge in [0.25, 0.3) is 0 Å². The first-order valence-electron chi connectivity index (χ1n) is 9.36. The van der Waals surface area contributed by atoms with Crippen molar-refractivity contribution in [1.82, 2.24) is 9.55 Å². The maximum Gasteiger partial charge on any atom is 0.339 e. The number of carbonyl (C=O) groups is 1. The lowest BCUT2D eigenvalue weighted by atomic mass is 10.0. The summed E-state index contributed by atoms with van der Waals surface area (Å²) in [5.74, 6) is -2.25. The van der Waals surface area contributed by atoms with Crippen LogP contribution in [0.3, 0.4) is 0 Å². The van der Waals surface area contributed by atoms with E-state index in [1.807, 2.05) is 44.5 Å². The summed E-state index contributed by atoms with van der Waals surface area (Å²) in [6.07, 6.45) is 0.926. The zero-order valence-electron chi connectivity index (χ0n) is 17.4. The van der Waals surface area contributed by atoms with Crippen LogP contribution in [0.2, 0.25) is 0 Å². The van der Waals surface area contributed by atoms with E-state index < -0.39 is 29.3 Å². The Balaban J connectivity index is 2.07. The summed E-state index contributed by atoms with van der Waals surface area (Å²) < 4.78 is 40.5. The Bertz CT molecular complexity index is 1110. The number of esters is 1. The molecule has 0 radical (unpaired) electrons. The number of carbonyl (C=O) groups excluding carboxylic acids is 1. The molecule has 0 saturated carbocycles. The lowest BCUT2D eigenvalue weighted by Crippen LogP contribution is -2.29. The van der Waals surface area contributed by atoms with Gasteiger partial charge in [-0.1, -0.05) is 6.07 Å². The molecule has 3 aromatic rings. The molecule has 30 heavy (non-hydrogen) atoms. The van der Waals surface area contributed by atoms with Crippen molar-refractivity contribution >= 4 is 39.6 Å². The van der Waals surface area contributed by atoms with Gasteiger partial charge in [0.2, 0.25) is 0 Å². The molecular weight excluding hydrogens is 505 g/mol. The van der Waals surface area contributed by atoms with Crippen molar-refractivity contribution in [3.05, 3.63) is 62.5 Å². The van der Waals surface area contributed by atoms with E-state index in [1.165, 1.54) is 13.2 Å². The SMILES string of the molecule is COC(=O)C(OC(C)(C)C)c1c(C)nc2c(ccn2Cc2ccc(F)c(F)c2)c1I. The molecule has 2 aromatic heterocycles. The molecule has 0 bridgehead atoms. The largest absolute Gasteiger partial charge is 0.467 e. The maximum absolute atomic E-state index is 13.6. The molecular formula is C22H23F2IN2O3. The second-order valence-electron chi connectivity index (χ2n) is 7.99. The van der Waals surface area contributed by atoms with Gasteiger partial charge in [0, 0.05) is 33.0 Å². The number of hydrogen-bond donors (Lipinski definition) is 0. The predicted octanol–water partition coefficient (Wildman–Crippen LogP) is 5.31. The Morgan fingerprint density at radius 2 is 1.93 bits per heavy atom. The van der Waals surface area contributed by atoms with Crippen molar-refractivity contribution < 1.29 is 23.0 Å². The first kappa shape index (κ1) is 22.6. The van der Waals surface area contributed by atoms with Gasteiger partial charge in [-0.2, -0.15) is 0 Å². The van der Waals surface area contributed by atoms with Gasteiger partial charge in [0.15, 0.2) is 17.7 Å². The van der Waals surface area contributed by atoms with E-state index in [0.29, 0.717) is 29.0 Å². The highest BCUT2D eigenvalue weighted by Gasteiger charge is 2.32. The minimum Gasteiger partial charge on any atom is -0.467 e. The molecule has 0 N–H and O–H groups in total. The predicted molar refractivity (Wildman–Crippen MR) is 118 cm³/mol. The molecule has 1 aromatic carbocycles. The minimum atomic E-state index is -0.909. The van der Waals surface area contributed by atoms with Crippen molar-refractivity contribution in [2.24, 2.45) is 0 Å². The molecule has 2 heterocycles. The summed E-state index contributed by atoms with van der Waals surface area (Å²) in [6, 6.07) is 5.72. The van der Waals surface area contributed by atoms with Crippen molar-refractivity contribution in [3.63, 3.8) is 0 Å². The van der Waals surface area contributed by atoms with Crippen LogP contribution < -0.4 is 0 Å². The number of pyridine rings is 1. The minimum absolute atomic E-state index is 0.335. The van der Waals surface area contributed by atoms with E-state index in [2.05, 4.69) is 22.6 Å². The Morgan fingerprint density at radius 1 is 1.23 bits per heavy atom. The lowest BCUT2D eigenvalue weighted by Gasteiger charge is -2.27. The van der Waals surface area contributed by atoms with Crippen LogP contribution in [0.1, 0.15) is 43.7 Å². The third kappa shape index (κ3) is 4.64. The van der Waals surface area contributed by atoms with Gasteiger partial charge >= 0.3 is 5.97 Å². The van der Waals surface area contributed by atoms with Gasteiger partial charge in [-0.25, -0.2) is 18.6 Å². The zero-order chi connectivity index (χ0) is 22.2. The highest BCUT2D eigenvalue weighted by molar-refractivity contribution is 14.1. The molecule has 160 valence electrons. The van der Waals surface area contributed by atoms with E-state index >= 15 is 0 Å². The van der Waals surface area contributed by atoms with E-state index in [9.17, 15) is 13.6 Å². The molecule has 0 aliphatic rings. The quantitative estimate of drug-likeness (QED) is 0.333. The highest BCUT2D eigenvalue weighted by atomic mass is 127. The summed E-state index contributed by atoms with van der Waals surface area (Å²) in [6.45, 7) is 7.76. The monoisotopic (exact) mass is 528 g/mol. The van der Waals surface area contributed by atoms with Gasteiger partial charge in [-0.3, -0.25) is 0 Å². The topological polar surface area (TPSA) is 53.4 Å². The Morgan fingerprint density at radius 3 is 2.53 bits per heavy atom. The molecule has 0 amide bonds. The molecule has 0 aliphatic carbocycles. The first-order chi connectivity index (χ1) is 14.0. The van der Waals surface area contributed by atoms with Crippen molar-refractivity contribution in [2.75, 3.05) is 7.11 Å². The van der Waals surface area contributed by atoms with E-state index in [1.54, 1.807) is 6.07 Å². The van der Waals surface area contributed by atoms with Crippen LogP contribution in [-0.2, 0) is 20.8 Å². The van der Waals surface area contributed by atoms with Crippen LogP contribution in [0, 0.1) is 22.1 Å². The Labute approximate surface area is 187 Å². The molecule has 1 unspecified atom stereocenters. The fraction of sp³-hybridized carbons (Fsp3) is 0.364. The third-order valence-electron chi connectivity index (χ3n) is 4.56. The first-order valence-corrected chi connectivity index (χ1v) is 10.4. The molecule has 0 saturated heterocycles. The molecule has 1 atom stereocenters. The number of nitrogens with zero attached hydrogens (tertiary/aromatic N) is 2. The number of aromatic nitrogens is 2. The second-order valence-corrected chi connectivity index (χ2v) is 9.07. The zero-order valence-corrected chi connectivity index (χ0v) is 19.6. The second kappa shape index (κ2) is 8.58. The van der Waals surface area contributed by atoms with E-state index in [-0.39, 0.29) is 0 Å². The summed E-state index contributed by atoms with van der Waals surface area (Å²) >= 11 is 2.18. The average Bonchev–Trinajstić information content (AvgIpc) is 3.05. The maximum atomic E-state index is 13.6. The highest BCUT2D eigenvalue weighted by Crippen LogP contribution is 2.35. The van der Waals surface area contributed by atoms with E-state index in [4.69, 9.17) is 14.5 Å². The van der Waals surface area contributed by atoms with Crippen LogP contribution in [0.15, 0.2) is 30.5 Å². The fourth-order valence-electron chi connectivity index (χ4n) is 3.24. The normalized spacial score (nSPS) is 12.9. The fourth-order valence-corrected chi connectivity index (χ4v) is 4.33. The van der Waals surface area contributed by atoms with Gasteiger partial charge < -0.3 is 14.0 Å². The summed E-state index contributed by atoms with van der Waals surface area (Å²) in [5, 5.41) is 0.838. The standard InChI is InChI=1S/C22H23F2IN2O3/c1-12-17(19(21(28)29-5)30-22(2,3)4)18(25)14-8-9-27(20(14)26-12)11-13-6-7-15(23)16(24)10-13/h6-10,19H,11H2,1-5H3. The number of aryl methyl sites for hydroxylation is 1. The number of rotatable bonds is 5. The molecule has 0 spiro atoms. The van der Waals surface area contributed by atoms with E-state index in [0.717, 1.165) is 15.0 Å². The molecule has 5 nitrogen and oxygen atoms in total. The van der Waals surface area contributed by atoms with Crippen molar-refractivity contribution in [3.8, 4) is 0 Å². The molecule has 0 fully saturated rings. The molecule has 3 rings (SSSR count). The number of ether oxygens (including phenoxy) is 2. The van der Waals surface area contributed by atoms with Crippen LogP contribution in [0.25, 0.3) is 11.0 Å². The van der Waals surface area contributed by atoms with Crippen LogP contribution >= 0.6 is 22.6 Å². The van der Waals surface area contributed by atoms with Crippen LogP contribution in [0.4, 0.5) is 8.78 Å². The van der Waals surface area contributed by atoms with Gasteiger partial charge in [0.1, 0.15) is 5.65 Å². The number of fused-ring (bicyclic) bond motifs is 1. The van der Waals surface area contributed by atoms with Crippen molar-refractivity contribution in [2.45, 2.75) is 45.9 Å². The number of hydrogen-bond acceptors (Lipinski definition) is 4. The number of halogens is 3. The van der Waals surface area contributed by atoms with Gasteiger partial charge in [-0.05, 0) is 74.0 Å². The van der Waals surface area contributed by atoms with Gasteiger partial charge in [0.05, 0.1) is 12.7 Å². The molecule has 8 heteroatoms. The summed E-state index contributed by atoms with van der Waals surface area (Å²) in [5.41, 5.74) is 2.03. The number of methoxy groups -OCH3 is 1. The average molecular weight is 528 g/mol. The lowest BCUT2D eigenvalue weighted by molar-refractivity contribution is -0.164.